The quantitative estimate of drug-likeness (QED) is 0.393. The first kappa shape index (κ1) is 12.4. The molecule has 0 heterocycles. The lowest BCUT2D eigenvalue weighted by Gasteiger charge is -2.14. The number of rotatable bonds is 5. The lowest BCUT2D eigenvalue weighted by Crippen LogP contribution is -2.30. The van der Waals surface area contributed by atoms with Crippen molar-refractivity contribution in [3.63, 3.8) is 0 Å². The van der Waals surface area contributed by atoms with Crippen molar-refractivity contribution in [3.8, 4) is 0 Å². The van der Waals surface area contributed by atoms with E-state index in [4.69, 9.17) is 11.6 Å². The second-order valence-electron chi connectivity index (χ2n) is 3.21. The maximum absolute atomic E-state index is 10.8. The summed E-state index contributed by atoms with van der Waals surface area (Å²) in [5.74, 6) is -0.725. The molecule has 1 aliphatic rings. The Morgan fingerprint density at radius 1 is 1.12 bits per heavy atom. The third kappa shape index (κ3) is 3.19. The number of carbonyl (C=O) groups is 1. The first-order valence-corrected chi connectivity index (χ1v) is 4.59. The smallest absolute Gasteiger partial charge is 0.294 e. The minimum Gasteiger partial charge on any atom is -0.308 e. The summed E-state index contributed by atoms with van der Waals surface area (Å²) in [5, 5.41) is 17.3. The molecule has 0 radical (unpaired) electrons. The third-order valence-electron chi connectivity index (χ3n) is 2.21. The Morgan fingerprint density at radius 2 is 1.50 bits per heavy atom. The van der Waals surface area contributed by atoms with Crippen LogP contribution in [0.25, 0.3) is 0 Å². The lowest BCUT2D eigenvalue weighted by molar-refractivity contribution is -0.797. The van der Waals surface area contributed by atoms with E-state index >= 15 is 0 Å². The van der Waals surface area contributed by atoms with Crippen LogP contribution < -0.4 is 0 Å². The Morgan fingerprint density at radius 3 is 1.75 bits per heavy atom. The number of carbonyl (C=O) groups excluding carboxylic acids is 1. The minimum atomic E-state index is -1.15. The number of halogens is 1. The van der Waals surface area contributed by atoms with Crippen LogP contribution in [-0.2, 0) is 14.5 Å². The van der Waals surface area contributed by atoms with E-state index in [2.05, 4.69) is 9.68 Å². The molecule has 0 aromatic rings. The molecule has 0 saturated heterocycles. The van der Waals surface area contributed by atoms with E-state index in [1.807, 2.05) is 0 Å². The molecule has 90 valence electrons. The van der Waals surface area contributed by atoms with Crippen LogP contribution in [0.4, 0.5) is 0 Å². The van der Waals surface area contributed by atoms with Crippen LogP contribution in [0.1, 0.15) is 12.8 Å². The molecule has 2 atom stereocenters. The third-order valence-corrected chi connectivity index (χ3v) is 2.52. The second-order valence-corrected chi connectivity index (χ2v) is 3.58. The topological polar surface area (TPSA) is 122 Å². The van der Waals surface area contributed by atoms with Crippen molar-refractivity contribution >= 4 is 16.8 Å². The molecule has 1 saturated carbocycles. The van der Waals surface area contributed by atoms with Gasteiger partial charge in [0.2, 0.25) is 5.24 Å². The van der Waals surface area contributed by atoms with Crippen molar-refractivity contribution in [3.05, 3.63) is 20.2 Å². The first-order chi connectivity index (χ1) is 7.40. The van der Waals surface area contributed by atoms with E-state index in [0.717, 1.165) is 0 Å². The normalized spacial score (nSPS) is 28.4. The lowest BCUT2D eigenvalue weighted by atomic mass is 10.1. The van der Waals surface area contributed by atoms with Gasteiger partial charge in [-0.25, -0.2) is 0 Å². The zero-order valence-corrected chi connectivity index (χ0v) is 8.53. The molecule has 2 unspecified atom stereocenters. The molecule has 1 fully saturated rings. The summed E-state index contributed by atoms with van der Waals surface area (Å²) in [4.78, 5) is 39.4. The molecular formula is C6H7ClN2O7. The fraction of sp³-hybridized carbons (Fsp3) is 0.833. The van der Waals surface area contributed by atoms with Gasteiger partial charge in [0.05, 0.1) is 0 Å². The highest BCUT2D eigenvalue weighted by atomic mass is 35.5. The maximum atomic E-state index is 10.8. The number of nitrogens with zero attached hydrogens (tertiary/aromatic N) is 2. The number of hydrogen-bond donors (Lipinski definition) is 0. The molecule has 0 aromatic carbocycles. The van der Waals surface area contributed by atoms with Gasteiger partial charge in [0.15, 0.2) is 0 Å². The zero-order chi connectivity index (χ0) is 12.3. The Hall–Kier alpha value is -1.64. The fourth-order valence-corrected chi connectivity index (χ4v) is 1.77. The van der Waals surface area contributed by atoms with Crippen molar-refractivity contribution < 1.29 is 24.6 Å². The van der Waals surface area contributed by atoms with Gasteiger partial charge in [0.25, 0.3) is 10.2 Å². The van der Waals surface area contributed by atoms with E-state index in [0.29, 0.717) is 0 Å². The van der Waals surface area contributed by atoms with Gasteiger partial charge >= 0.3 is 0 Å². The highest BCUT2D eigenvalue weighted by Gasteiger charge is 2.41. The minimum absolute atomic E-state index is 0.0676. The molecule has 10 heteroatoms. The van der Waals surface area contributed by atoms with Crippen LogP contribution in [0.3, 0.4) is 0 Å². The SMILES string of the molecule is O=C(Cl)C1CC(O[N+](=O)[O-])C(O[N+](=O)[O-])C1. The maximum Gasteiger partial charge on any atom is 0.294 e. The summed E-state index contributed by atoms with van der Waals surface area (Å²) in [6.45, 7) is 0. The van der Waals surface area contributed by atoms with Crippen LogP contribution in [0.15, 0.2) is 0 Å². The van der Waals surface area contributed by atoms with Gasteiger partial charge < -0.3 is 9.68 Å². The van der Waals surface area contributed by atoms with Gasteiger partial charge in [0, 0.05) is 5.92 Å². The highest BCUT2D eigenvalue weighted by Crippen LogP contribution is 2.32. The van der Waals surface area contributed by atoms with Crippen LogP contribution in [0, 0.1) is 26.1 Å². The van der Waals surface area contributed by atoms with Crippen LogP contribution in [0.2, 0.25) is 0 Å². The van der Waals surface area contributed by atoms with E-state index in [9.17, 15) is 25.0 Å². The first-order valence-electron chi connectivity index (χ1n) is 4.21. The molecule has 9 nitrogen and oxygen atoms in total. The van der Waals surface area contributed by atoms with Crippen molar-refractivity contribution in [1.29, 1.82) is 0 Å². The summed E-state index contributed by atoms with van der Waals surface area (Å²) in [6.07, 6.45) is -2.43. The monoisotopic (exact) mass is 254 g/mol. The molecule has 0 amide bonds. The average molecular weight is 255 g/mol. The van der Waals surface area contributed by atoms with Crippen molar-refractivity contribution in [1.82, 2.24) is 0 Å². The summed E-state index contributed by atoms with van der Waals surface area (Å²) in [5.41, 5.74) is 0. The summed E-state index contributed by atoms with van der Waals surface area (Å²) in [7, 11) is 0. The Bertz CT molecular complexity index is 298. The Labute approximate surface area is 93.5 Å². The van der Waals surface area contributed by atoms with Gasteiger partial charge in [-0.15, -0.1) is 20.2 Å². The molecule has 16 heavy (non-hydrogen) atoms. The van der Waals surface area contributed by atoms with Crippen molar-refractivity contribution in [2.75, 3.05) is 0 Å². The average Bonchev–Trinajstić information content (AvgIpc) is 2.46. The van der Waals surface area contributed by atoms with Gasteiger partial charge in [-0.1, -0.05) is 0 Å². The molecule has 1 rings (SSSR count). The fourth-order valence-electron chi connectivity index (χ4n) is 1.59. The van der Waals surface area contributed by atoms with Crippen molar-refractivity contribution in [2.45, 2.75) is 25.0 Å². The Kier molecular flexibility index (Phi) is 3.82. The van der Waals surface area contributed by atoms with Crippen LogP contribution >= 0.6 is 11.6 Å². The zero-order valence-electron chi connectivity index (χ0n) is 7.78. The predicted octanol–water partition coefficient (Wildman–Crippen LogP) is 0.316. The van der Waals surface area contributed by atoms with Gasteiger partial charge in [-0.05, 0) is 24.4 Å². The summed E-state index contributed by atoms with van der Waals surface area (Å²) >= 11 is 5.20. The molecule has 1 aliphatic carbocycles. The van der Waals surface area contributed by atoms with Crippen LogP contribution in [-0.4, -0.2) is 27.6 Å². The Balaban J connectivity index is 2.66. The molecule has 0 aliphatic heterocycles. The molecular weight excluding hydrogens is 248 g/mol. The number of hydrogen-bond acceptors (Lipinski definition) is 7. The van der Waals surface area contributed by atoms with E-state index < -0.39 is 33.5 Å². The highest BCUT2D eigenvalue weighted by molar-refractivity contribution is 6.64. The molecule has 0 aromatic heterocycles. The summed E-state index contributed by atoms with van der Waals surface area (Å²) < 4.78 is 0. The molecule has 0 bridgehead atoms. The largest absolute Gasteiger partial charge is 0.308 e. The van der Waals surface area contributed by atoms with Crippen molar-refractivity contribution in [2.24, 2.45) is 5.92 Å². The second kappa shape index (κ2) is 4.92. The predicted molar refractivity (Wildman–Crippen MR) is 47.3 cm³/mol. The van der Waals surface area contributed by atoms with E-state index in [1.54, 1.807) is 0 Å². The summed E-state index contributed by atoms with van der Waals surface area (Å²) in [6, 6.07) is 0. The van der Waals surface area contributed by atoms with Gasteiger partial charge in [-0.3, -0.25) is 4.79 Å². The van der Waals surface area contributed by atoms with Gasteiger partial charge in [-0.2, -0.15) is 0 Å². The van der Waals surface area contributed by atoms with E-state index in [-0.39, 0.29) is 12.8 Å². The van der Waals surface area contributed by atoms with Crippen LogP contribution in [0.5, 0.6) is 0 Å². The van der Waals surface area contributed by atoms with E-state index in [1.165, 1.54) is 0 Å². The molecule has 0 spiro atoms. The standard InChI is InChI=1S/C6H7ClN2O7/c7-6(10)3-1-4(15-8(11)12)5(2-3)16-9(13)14/h3-5H,1-2H2. The molecule has 0 N–H and O–H groups in total. The van der Waals surface area contributed by atoms with Gasteiger partial charge in [0.1, 0.15) is 12.2 Å².